The summed E-state index contributed by atoms with van der Waals surface area (Å²) in [5.41, 5.74) is 4.50. The van der Waals surface area contributed by atoms with E-state index in [-0.39, 0.29) is 0 Å². The van der Waals surface area contributed by atoms with Crippen LogP contribution < -0.4 is 9.75 Å². The lowest BCUT2D eigenvalue weighted by atomic mass is 9.93. The van der Waals surface area contributed by atoms with Crippen molar-refractivity contribution in [3.63, 3.8) is 0 Å². The average Bonchev–Trinajstić information content (AvgIpc) is 2.66. The van der Waals surface area contributed by atoms with Gasteiger partial charge < -0.3 is 0 Å². The number of aromatic nitrogens is 1. The number of nitrogens with zero attached hydrogens (tertiary/aromatic N) is 1. The van der Waals surface area contributed by atoms with Crippen LogP contribution in [0.15, 0.2) is 54.7 Å². The summed E-state index contributed by atoms with van der Waals surface area (Å²) in [6, 6.07) is 14.8. The molecule has 0 N–H and O–H groups in total. The summed E-state index contributed by atoms with van der Waals surface area (Å²) in [6.45, 7) is 3.81. The second-order valence-corrected chi connectivity index (χ2v) is 13.0. The SMILES string of the molecule is [2H]C([2H])([2H])c1cc(C)c(-c2cc(C([2H])([2H])[2H])c([Si](C)(C)C)c[n+]2C)cc1-c1ccccc1. The normalized spacial score (nSPS) is 16.0. The molecule has 0 aliphatic rings. The molecule has 2 heteroatoms. The van der Waals surface area contributed by atoms with E-state index in [0.717, 1.165) is 27.6 Å². The first-order valence-corrected chi connectivity index (χ1v) is 12.4. The van der Waals surface area contributed by atoms with Crippen LogP contribution in [0.1, 0.15) is 24.9 Å². The Morgan fingerprint density at radius 1 is 0.846 bits per heavy atom. The second kappa shape index (κ2) is 6.84. The van der Waals surface area contributed by atoms with Gasteiger partial charge in [0.05, 0.1) is 8.07 Å². The molecule has 1 nitrogen and oxygen atoms in total. The molecular formula is C24H30NSi+. The molecule has 0 unspecified atom stereocenters. The summed E-state index contributed by atoms with van der Waals surface area (Å²) in [5.74, 6) is 0. The van der Waals surface area contributed by atoms with Crippen LogP contribution in [-0.2, 0) is 7.05 Å². The lowest BCUT2D eigenvalue weighted by molar-refractivity contribution is -0.659. The van der Waals surface area contributed by atoms with E-state index in [1.54, 1.807) is 12.1 Å². The van der Waals surface area contributed by atoms with Crippen LogP contribution in [0, 0.1) is 20.6 Å². The smallest absolute Gasteiger partial charge is 0.201 e. The van der Waals surface area contributed by atoms with E-state index in [2.05, 4.69) is 19.6 Å². The van der Waals surface area contributed by atoms with Crippen molar-refractivity contribution in [2.24, 2.45) is 7.05 Å². The highest BCUT2D eigenvalue weighted by Crippen LogP contribution is 2.31. The predicted molar refractivity (Wildman–Crippen MR) is 116 cm³/mol. The number of benzene rings is 2. The molecule has 0 spiro atoms. The van der Waals surface area contributed by atoms with Gasteiger partial charge in [-0.15, -0.1) is 0 Å². The molecule has 0 fully saturated rings. The Bertz CT molecular complexity index is 1140. The number of pyridine rings is 1. The maximum atomic E-state index is 8.14. The minimum Gasteiger partial charge on any atom is -0.201 e. The molecule has 0 radical (unpaired) electrons. The Morgan fingerprint density at radius 2 is 1.54 bits per heavy atom. The van der Waals surface area contributed by atoms with Crippen molar-refractivity contribution in [2.75, 3.05) is 0 Å². The number of rotatable bonds is 3. The summed E-state index contributed by atoms with van der Waals surface area (Å²) >= 11 is 0. The van der Waals surface area contributed by atoms with Crippen molar-refractivity contribution >= 4 is 13.3 Å². The van der Waals surface area contributed by atoms with E-state index in [9.17, 15) is 0 Å². The Hall–Kier alpha value is -2.19. The average molecular weight is 367 g/mol. The van der Waals surface area contributed by atoms with Crippen LogP contribution in [0.5, 0.6) is 0 Å². The molecule has 2 aromatic carbocycles. The van der Waals surface area contributed by atoms with Gasteiger partial charge in [0.25, 0.3) is 0 Å². The van der Waals surface area contributed by atoms with Gasteiger partial charge in [0.1, 0.15) is 7.05 Å². The van der Waals surface area contributed by atoms with Crippen LogP contribution in [0.3, 0.4) is 0 Å². The van der Waals surface area contributed by atoms with E-state index in [4.69, 9.17) is 8.22 Å². The Morgan fingerprint density at radius 3 is 2.15 bits per heavy atom. The van der Waals surface area contributed by atoms with Gasteiger partial charge in [-0.1, -0.05) is 56.0 Å². The number of hydrogen-bond donors (Lipinski definition) is 0. The Kier molecular flexibility index (Phi) is 3.22. The van der Waals surface area contributed by atoms with Gasteiger partial charge in [0.2, 0.25) is 5.69 Å². The van der Waals surface area contributed by atoms with E-state index >= 15 is 0 Å². The molecular weight excluding hydrogens is 330 g/mol. The zero-order valence-corrected chi connectivity index (χ0v) is 17.1. The summed E-state index contributed by atoms with van der Waals surface area (Å²) < 4.78 is 50.5. The minimum absolute atomic E-state index is 0.294. The Balaban J connectivity index is 2.36. The summed E-state index contributed by atoms with van der Waals surface area (Å²) in [5, 5.41) is 0.906. The first kappa shape index (κ1) is 12.2. The topological polar surface area (TPSA) is 3.88 Å². The third-order valence-electron chi connectivity index (χ3n) is 4.81. The maximum Gasteiger partial charge on any atom is 0.212 e. The van der Waals surface area contributed by atoms with Gasteiger partial charge in [-0.05, 0) is 54.5 Å². The van der Waals surface area contributed by atoms with Crippen LogP contribution in [-0.4, -0.2) is 8.07 Å². The van der Waals surface area contributed by atoms with E-state index in [1.165, 1.54) is 0 Å². The van der Waals surface area contributed by atoms with E-state index < -0.39 is 21.8 Å². The molecule has 0 aliphatic carbocycles. The summed E-state index contributed by atoms with van der Waals surface area (Å²) in [7, 11) is 0.00912. The van der Waals surface area contributed by atoms with Crippen molar-refractivity contribution in [1.29, 1.82) is 0 Å². The Labute approximate surface area is 167 Å². The molecule has 26 heavy (non-hydrogen) atoms. The lowest BCUT2D eigenvalue weighted by Crippen LogP contribution is -2.46. The standard InChI is InChI=1S/C24H30NSi/c1-17-13-18(2)22(15-21(17)20-11-9-8-10-12-20)23-14-19(3)24(16-25(23)4)26(5,6)7/h8-16H,1-7H3/q+1/i1D3,3D3. The van der Waals surface area contributed by atoms with Crippen LogP contribution in [0.4, 0.5) is 0 Å². The molecule has 0 atom stereocenters. The van der Waals surface area contributed by atoms with Crippen molar-refractivity contribution in [3.05, 3.63) is 71.4 Å². The highest BCUT2D eigenvalue weighted by Gasteiger charge is 2.25. The molecule has 3 rings (SSSR count). The summed E-state index contributed by atoms with van der Waals surface area (Å²) in [4.78, 5) is 0. The molecule has 1 aromatic heterocycles. The maximum absolute atomic E-state index is 8.14. The number of aryl methyl sites for hydroxylation is 4. The van der Waals surface area contributed by atoms with Crippen molar-refractivity contribution < 1.29 is 12.8 Å². The molecule has 0 aliphatic heterocycles. The van der Waals surface area contributed by atoms with Crippen molar-refractivity contribution in [3.8, 4) is 22.4 Å². The largest absolute Gasteiger partial charge is 0.212 e. The third kappa shape index (κ3) is 3.52. The summed E-state index contributed by atoms with van der Waals surface area (Å²) in [6.07, 6.45) is 1.95. The molecule has 0 bridgehead atoms. The molecule has 0 saturated heterocycles. The molecule has 0 saturated carbocycles. The molecule has 1 heterocycles. The van der Waals surface area contributed by atoms with Gasteiger partial charge in [0.15, 0.2) is 6.20 Å². The highest BCUT2D eigenvalue weighted by molar-refractivity contribution is 6.88. The zero-order chi connectivity index (χ0) is 24.1. The lowest BCUT2D eigenvalue weighted by Gasteiger charge is -2.19. The molecule has 3 aromatic rings. The molecule has 134 valence electrons. The molecule has 0 amide bonds. The second-order valence-electron chi connectivity index (χ2n) is 7.93. The monoisotopic (exact) mass is 366 g/mol. The van der Waals surface area contributed by atoms with Crippen molar-refractivity contribution in [2.45, 2.75) is 40.3 Å². The third-order valence-corrected chi connectivity index (χ3v) is 6.82. The fraction of sp³-hybridized carbons (Fsp3) is 0.292. The van der Waals surface area contributed by atoms with Gasteiger partial charge in [-0.3, -0.25) is 0 Å². The quantitative estimate of drug-likeness (QED) is 0.436. The predicted octanol–water partition coefficient (Wildman–Crippen LogP) is 5.32. The van der Waals surface area contributed by atoms with Crippen LogP contribution >= 0.6 is 0 Å². The van der Waals surface area contributed by atoms with E-state index in [0.29, 0.717) is 16.7 Å². The van der Waals surface area contributed by atoms with E-state index in [1.807, 2.05) is 61.1 Å². The first-order valence-electron chi connectivity index (χ1n) is 11.9. The minimum atomic E-state index is -2.26. The van der Waals surface area contributed by atoms with Crippen molar-refractivity contribution in [1.82, 2.24) is 0 Å². The highest BCUT2D eigenvalue weighted by atomic mass is 28.3. The van der Waals surface area contributed by atoms with Gasteiger partial charge in [-0.2, -0.15) is 0 Å². The number of hydrogen-bond acceptors (Lipinski definition) is 0. The van der Waals surface area contributed by atoms with Crippen LogP contribution in [0.25, 0.3) is 22.4 Å². The fourth-order valence-electron chi connectivity index (χ4n) is 3.35. The fourth-order valence-corrected chi connectivity index (χ4v) is 4.82. The first-order chi connectivity index (χ1) is 14.6. The van der Waals surface area contributed by atoms with Crippen LogP contribution in [0.2, 0.25) is 19.6 Å². The zero-order valence-electron chi connectivity index (χ0n) is 22.1. The van der Waals surface area contributed by atoms with Gasteiger partial charge in [0, 0.05) is 25.0 Å². The van der Waals surface area contributed by atoms with Gasteiger partial charge in [-0.25, -0.2) is 4.57 Å². The van der Waals surface area contributed by atoms with Gasteiger partial charge >= 0.3 is 0 Å².